The number of anilines is 1. The Morgan fingerprint density at radius 2 is 1.83 bits per heavy atom. The first-order valence-corrected chi connectivity index (χ1v) is 8.25. The van der Waals surface area contributed by atoms with Crippen molar-refractivity contribution in [1.82, 2.24) is 5.32 Å². The maximum Gasteiger partial charge on any atom is 0.322 e. The van der Waals surface area contributed by atoms with Crippen LogP contribution in [0.3, 0.4) is 0 Å². The average Bonchev–Trinajstić information content (AvgIpc) is 2.61. The molecule has 2 aromatic rings. The predicted molar refractivity (Wildman–Crippen MR) is 96.7 cm³/mol. The van der Waals surface area contributed by atoms with Crippen molar-refractivity contribution in [2.75, 3.05) is 11.5 Å². The molecule has 0 aliphatic carbocycles. The van der Waals surface area contributed by atoms with Crippen LogP contribution in [-0.2, 0) is 11.3 Å². The number of hydrogen-bond donors (Lipinski definition) is 1. The van der Waals surface area contributed by atoms with Gasteiger partial charge in [-0.25, -0.2) is 4.79 Å². The zero-order valence-electron chi connectivity index (χ0n) is 14.0. The Morgan fingerprint density at radius 3 is 2.58 bits per heavy atom. The molecule has 3 rings (SSSR count). The van der Waals surface area contributed by atoms with Crippen molar-refractivity contribution in [3.63, 3.8) is 0 Å². The molecule has 1 aliphatic rings. The standard InChI is InChI=1S/C20H22N2O2/c1-3-24-19-13-15(2)22(18-12-8-7-11-17(18)19)20(23)21-14-16-9-5-4-6-10-16/h4-13,15H,3,14H2,1-2H3,(H,21,23). The van der Waals surface area contributed by atoms with Crippen molar-refractivity contribution in [3.05, 3.63) is 71.8 Å². The summed E-state index contributed by atoms with van der Waals surface area (Å²) in [5.41, 5.74) is 2.91. The minimum Gasteiger partial charge on any atom is -0.493 e. The van der Waals surface area contributed by atoms with Gasteiger partial charge < -0.3 is 10.1 Å². The molecular formula is C20H22N2O2. The maximum absolute atomic E-state index is 12.8. The summed E-state index contributed by atoms with van der Waals surface area (Å²) in [5.74, 6) is 0.840. The van der Waals surface area contributed by atoms with E-state index in [1.807, 2.05) is 74.5 Å². The van der Waals surface area contributed by atoms with E-state index in [-0.39, 0.29) is 12.1 Å². The number of benzene rings is 2. The Hall–Kier alpha value is -2.75. The first-order chi connectivity index (χ1) is 11.7. The number of nitrogens with one attached hydrogen (secondary N) is 1. The van der Waals surface area contributed by atoms with Crippen LogP contribution in [0.5, 0.6) is 0 Å². The van der Waals surface area contributed by atoms with Crippen molar-refractivity contribution in [1.29, 1.82) is 0 Å². The Labute approximate surface area is 142 Å². The number of amides is 2. The van der Waals surface area contributed by atoms with Crippen molar-refractivity contribution in [3.8, 4) is 0 Å². The first-order valence-electron chi connectivity index (χ1n) is 8.25. The van der Waals surface area contributed by atoms with Gasteiger partial charge in [0.2, 0.25) is 0 Å². The summed E-state index contributed by atoms with van der Waals surface area (Å²) in [5, 5.41) is 3.00. The number of ether oxygens (including phenoxy) is 1. The Bertz CT molecular complexity index is 740. The summed E-state index contributed by atoms with van der Waals surface area (Å²) in [7, 11) is 0. The lowest BCUT2D eigenvalue weighted by atomic mass is 10.0. The molecule has 124 valence electrons. The van der Waals surface area contributed by atoms with Gasteiger partial charge in [-0.3, -0.25) is 4.90 Å². The molecule has 0 saturated carbocycles. The zero-order valence-corrected chi connectivity index (χ0v) is 14.0. The van der Waals surface area contributed by atoms with Gasteiger partial charge in [0.15, 0.2) is 0 Å². The third kappa shape index (κ3) is 3.27. The lowest BCUT2D eigenvalue weighted by molar-refractivity contribution is 0.244. The third-order valence-corrected chi connectivity index (χ3v) is 4.03. The Morgan fingerprint density at radius 1 is 1.12 bits per heavy atom. The fourth-order valence-corrected chi connectivity index (χ4v) is 2.93. The first kappa shape index (κ1) is 16.1. The molecule has 0 spiro atoms. The number of para-hydroxylation sites is 1. The van der Waals surface area contributed by atoms with E-state index in [2.05, 4.69) is 5.32 Å². The van der Waals surface area contributed by atoms with Crippen molar-refractivity contribution >= 4 is 17.5 Å². The molecule has 2 aromatic carbocycles. The number of carbonyl (C=O) groups excluding carboxylic acids is 1. The van der Waals surface area contributed by atoms with Gasteiger partial charge in [0.05, 0.1) is 18.3 Å². The van der Waals surface area contributed by atoms with Crippen LogP contribution in [0, 0.1) is 0 Å². The van der Waals surface area contributed by atoms with E-state index in [1.54, 1.807) is 4.90 Å². The van der Waals surface area contributed by atoms with Gasteiger partial charge in [-0.15, -0.1) is 0 Å². The minimum atomic E-state index is -0.106. The summed E-state index contributed by atoms with van der Waals surface area (Å²) >= 11 is 0. The van der Waals surface area contributed by atoms with Crippen LogP contribution in [0.2, 0.25) is 0 Å². The molecule has 0 radical (unpaired) electrons. The van der Waals surface area contributed by atoms with Crippen LogP contribution in [0.1, 0.15) is 25.0 Å². The summed E-state index contributed by atoms with van der Waals surface area (Å²) < 4.78 is 5.74. The highest BCUT2D eigenvalue weighted by Crippen LogP contribution is 2.34. The fourth-order valence-electron chi connectivity index (χ4n) is 2.93. The predicted octanol–water partition coefficient (Wildman–Crippen LogP) is 4.18. The van der Waals surface area contributed by atoms with E-state index in [9.17, 15) is 4.79 Å². The third-order valence-electron chi connectivity index (χ3n) is 4.03. The van der Waals surface area contributed by atoms with Crippen LogP contribution in [0.4, 0.5) is 10.5 Å². The van der Waals surface area contributed by atoms with Gasteiger partial charge in [-0.1, -0.05) is 42.5 Å². The van der Waals surface area contributed by atoms with Crippen LogP contribution < -0.4 is 10.2 Å². The van der Waals surface area contributed by atoms with Crippen LogP contribution >= 0.6 is 0 Å². The lowest BCUT2D eigenvalue weighted by Crippen LogP contribution is -2.46. The van der Waals surface area contributed by atoms with Crippen LogP contribution in [0.25, 0.3) is 5.76 Å². The molecule has 0 fully saturated rings. The smallest absolute Gasteiger partial charge is 0.322 e. The molecule has 4 heteroatoms. The highest BCUT2D eigenvalue weighted by Gasteiger charge is 2.29. The molecule has 1 atom stereocenters. The lowest BCUT2D eigenvalue weighted by Gasteiger charge is -2.34. The largest absolute Gasteiger partial charge is 0.493 e. The number of fused-ring (bicyclic) bond motifs is 1. The SMILES string of the molecule is CCOC1=CC(C)N(C(=O)NCc2ccccc2)c2ccccc21. The molecular weight excluding hydrogens is 300 g/mol. The monoisotopic (exact) mass is 322 g/mol. The van der Waals surface area contributed by atoms with Gasteiger partial charge >= 0.3 is 6.03 Å². The zero-order chi connectivity index (χ0) is 16.9. The fraction of sp³-hybridized carbons (Fsp3) is 0.250. The normalized spacial score (nSPS) is 16.2. The minimum absolute atomic E-state index is 0.0720. The molecule has 2 amide bonds. The van der Waals surface area contributed by atoms with E-state index in [0.717, 1.165) is 22.6 Å². The quantitative estimate of drug-likeness (QED) is 0.917. The van der Waals surface area contributed by atoms with Crippen molar-refractivity contribution in [2.45, 2.75) is 26.4 Å². The number of hydrogen-bond acceptors (Lipinski definition) is 2. The second kappa shape index (κ2) is 7.21. The maximum atomic E-state index is 12.8. The molecule has 0 saturated heterocycles. The van der Waals surface area contributed by atoms with Crippen molar-refractivity contribution < 1.29 is 9.53 Å². The molecule has 4 nitrogen and oxygen atoms in total. The molecule has 0 aromatic heterocycles. The van der Waals surface area contributed by atoms with Crippen molar-refractivity contribution in [2.24, 2.45) is 0 Å². The highest BCUT2D eigenvalue weighted by atomic mass is 16.5. The summed E-state index contributed by atoms with van der Waals surface area (Å²) in [6, 6.07) is 17.6. The molecule has 1 heterocycles. The molecule has 0 bridgehead atoms. The van der Waals surface area contributed by atoms with Crippen LogP contribution in [0.15, 0.2) is 60.7 Å². The molecule has 1 N–H and O–H groups in total. The van der Waals surface area contributed by atoms with Gasteiger partial charge in [0.25, 0.3) is 0 Å². The van der Waals surface area contributed by atoms with Gasteiger partial charge in [-0.05, 0) is 37.6 Å². The topological polar surface area (TPSA) is 41.6 Å². The van der Waals surface area contributed by atoms with Gasteiger partial charge in [-0.2, -0.15) is 0 Å². The van der Waals surface area contributed by atoms with E-state index in [0.29, 0.717) is 13.2 Å². The number of carbonyl (C=O) groups is 1. The second-order valence-corrected chi connectivity index (χ2v) is 5.74. The van der Waals surface area contributed by atoms with E-state index >= 15 is 0 Å². The average molecular weight is 322 g/mol. The number of nitrogens with zero attached hydrogens (tertiary/aromatic N) is 1. The second-order valence-electron chi connectivity index (χ2n) is 5.74. The Balaban J connectivity index is 1.81. The van der Waals surface area contributed by atoms with E-state index in [4.69, 9.17) is 4.74 Å². The molecule has 1 unspecified atom stereocenters. The van der Waals surface area contributed by atoms with E-state index < -0.39 is 0 Å². The number of rotatable bonds is 4. The summed E-state index contributed by atoms with van der Waals surface area (Å²) in [6.07, 6.45) is 1.99. The van der Waals surface area contributed by atoms with E-state index in [1.165, 1.54) is 0 Å². The molecule has 1 aliphatic heterocycles. The van der Waals surface area contributed by atoms with Gasteiger partial charge in [0.1, 0.15) is 5.76 Å². The highest BCUT2D eigenvalue weighted by molar-refractivity contribution is 5.97. The van der Waals surface area contributed by atoms with Crippen LogP contribution in [-0.4, -0.2) is 18.7 Å². The van der Waals surface area contributed by atoms with Gasteiger partial charge in [0, 0.05) is 12.1 Å². The number of urea groups is 1. The molecule has 24 heavy (non-hydrogen) atoms. The Kier molecular flexibility index (Phi) is 4.85. The summed E-state index contributed by atoms with van der Waals surface area (Å²) in [4.78, 5) is 14.5. The summed E-state index contributed by atoms with van der Waals surface area (Å²) in [6.45, 7) is 5.07.